The van der Waals surface area contributed by atoms with Crippen LogP contribution in [0, 0.1) is 13.0 Å². The number of aryl methyl sites for hydroxylation is 1. The van der Waals surface area contributed by atoms with Gasteiger partial charge < -0.3 is 4.74 Å². The van der Waals surface area contributed by atoms with E-state index in [4.69, 9.17) is 14.4 Å². The zero-order valence-corrected chi connectivity index (χ0v) is 10.4. The Morgan fingerprint density at radius 3 is 2.55 bits per heavy atom. The molecule has 0 atom stereocenters. The van der Waals surface area contributed by atoms with Crippen molar-refractivity contribution in [2.24, 2.45) is 0 Å². The molecule has 0 spiro atoms. The SMILES string of the molecule is COc1cc[c-]cc1C.[Cl][Zn+]. The van der Waals surface area contributed by atoms with E-state index in [1.807, 2.05) is 25.1 Å². The topological polar surface area (TPSA) is 9.23 Å². The van der Waals surface area contributed by atoms with Crippen LogP contribution >= 0.6 is 9.69 Å². The first kappa shape index (κ1) is 10.9. The Morgan fingerprint density at radius 1 is 1.55 bits per heavy atom. The minimum atomic E-state index is 0.847. The predicted molar refractivity (Wildman–Crippen MR) is 42.4 cm³/mol. The molecule has 0 aliphatic rings. The summed E-state index contributed by atoms with van der Waals surface area (Å²) in [4.78, 5) is 0. The Hall–Kier alpha value is -0.0666. The van der Waals surface area contributed by atoms with Crippen LogP contribution in [0.15, 0.2) is 18.2 Å². The Kier molecular flexibility index (Phi) is 6.59. The monoisotopic (exact) mass is 220 g/mol. The van der Waals surface area contributed by atoms with Gasteiger partial charge >= 0.3 is 27.0 Å². The van der Waals surface area contributed by atoms with Gasteiger partial charge in [0, 0.05) is 5.75 Å². The van der Waals surface area contributed by atoms with Crippen LogP contribution in [0.2, 0.25) is 0 Å². The first-order valence-corrected chi connectivity index (χ1v) is 7.02. The van der Waals surface area contributed by atoms with Crippen molar-refractivity contribution >= 4 is 9.69 Å². The molecular formula is C8H9ClOZn. The molecule has 0 unspecified atom stereocenters. The van der Waals surface area contributed by atoms with E-state index < -0.39 is 0 Å². The summed E-state index contributed by atoms with van der Waals surface area (Å²) in [7, 11) is 6.43. The molecule has 0 bridgehead atoms. The van der Waals surface area contributed by atoms with E-state index in [2.05, 4.69) is 6.07 Å². The first-order chi connectivity index (χ1) is 5.34. The fourth-order valence-electron chi connectivity index (χ4n) is 0.729. The summed E-state index contributed by atoms with van der Waals surface area (Å²) in [6.07, 6.45) is 0. The minimum absolute atomic E-state index is 0.847. The Labute approximate surface area is 81.4 Å². The quantitative estimate of drug-likeness (QED) is 0.523. The number of hydrogen-bond acceptors (Lipinski definition) is 1. The van der Waals surface area contributed by atoms with Gasteiger partial charge in [-0.1, -0.05) is 6.92 Å². The number of rotatable bonds is 1. The molecular weight excluding hydrogens is 213 g/mol. The average Bonchev–Trinajstić information content (AvgIpc) is 2.09. The van der Waals surface area contributed by atoms with Crippen molar-refractivity contribution in [3.63, 3.8) is 0 Å². The molecule has 0 saturated heterocycles. The molecule has 0 aromatic heterocycles. The van der Waals surface area contributed by atoms with E-state index in [1.54, 1.807) is 7.11 Å². The summed E-state index contributed by atoms with van der Waals surface area (Å²) in [5, 5.41) is 0. The molecule has 0 radical (unpaired) electrons. The molecule has 11 heavy (non-hydrogen) atoms. The number of benzene rings is 1. The first-order valence-electron chi connectivity index (χ1n) is 3.12. The van der Waals surface area contributed by atoms with E-state index in [1.165, 1.54) is 0 Å². The summed E-state index contributed by atoms with van der Waals surface area (Å²) in [6, 6.07) is 8.59. The second-order valence-electron chi connectivity index (χ2n) is 1.90. The molecule has 0 amide bonds. The van der Waals surface area contributed by atoms with Gasteiger partial charge in [-0.15, -0.1) is 11.6 Å². The maximum atomic E-state index is 5.02. The zero-order valence-electron chi connectivity index (χ0n) is 6.73. The summed E-state index contributed by atoms with van der Waals surface area (Å²) >= 11 is 0.847. The van der Waals surface area contributed by atoms with Crippen molar-refractivity contribution in [3.8, 4) is 5.75 Å². The molecule has 0 aliphatic carbocycles. The fourth-order valence-corrected chi connectivity index (χ4v) is 0.729. The maximum absolute atomic E-state index is 5.02. The third-order valence-electron chi connectivity index (χ3n) is 1.24. The van der Waals surface area contributed by atoms with Gasteiger partial charge in [0.15, 0.2) is 0 Å². The van der Waals surface area contributed by atoms with Gasteiger partial charge in [0.2, 0.25) is 0 Å². The molecule has 0 fully saturated rings. The normalized spacial score (nSPS) is 8.09. The Balaban J connectivity index is 0.000000461. The molecule has 1 rings (SSSR count). The summed E-state index contributed by atoms with van der Waals surface area (Å²) in [5.74, 6) is 0.925. The number of hydrogen-bond donors (Lipinski definition) is 0. The van der Waals surface area contributed by atoms with Crippen LogP contribution in [-0.2, 0) is 17.3 Å². The van der Waals surface area contributed by atoms with Gasteiger partial charge in [-0.3, -0.25) is 0 Å². The van der Waals surface area contributed by atoms with E-state index in [0.29, 0.717) is 0 Å². The van der Waals surface area contributed by atoms with Gasteiger partial charge in [0.1, 0.15) is 0 Å². The van der Waals surface area contributed by atoms with Crippen molar-refractivity contribution in [2.45, 2.75) is 6.92 Å². The summed E-state index contributed by atoms with van der Waals surface area (Å²) < 4.78 is 5.02. The van der Waals surface area contributed by atoms with Gasteiger partial charge in [-0.05, 0) is 0 Å². The van der Waals surface area contributed by atoms with Crippen LogP contribution in [0.25, 0.3) is 0 Å². The molecule has 56 valence electrons. The van der Waals surface area contributed by atoms with Gasteiger partial charge in [-0.2, -0.15) is 18.2 Å². The van der Waals surface area contributed by atoms with E-state index >= 15 is 0 Å². The molecule has 0 saturated carbocycles. The number of methoxy groups -OCH3 is 1. The molecule has 0 aliphatic heterocycles. The fraction of sp³-hybridized carbons (Fsp3) is 0.250. The van der Waals surface area contributed by atoms with Gasteiger partial charge in [0.05, 0.1) is 7.11 Å². The summed E-state index contributed by atoms with van der Waals surface area (Å²) in [5.41, 5.74) is 1.12. The average molecular weight is 222 g/mol. The van der Waals surface area contributed by atoms with E-state index in [9.17, 15) is 0 Å². The number of halogens is 1. The molecule has 1 nitrogen and oxygen atoms in total. The Morgan fingerprint density at radius 2 is 2.18 bits per heavy atom. The molecule has 1 aromatic rings. The summed E-state index contributed by atoms with van der Waals surface area (Å²) in [6.45, 7) is 2.00. The van der Waals surface area contributed by atoms with Crippen molar-refractivity contribution in [2.75, 3.05) is 7.11 Å². The van der Waals surface area contributed by atoms with Gasteiger partial charge in [0.25, 0.3) is 0 Å². The van der Waals surface area contributed by atoms with Gasteiger partial charge in [-0.25, -0.2) is 0 Å². The molecule has 1 aromatic carbocycles. The van der Waals surface area contributed by atoms with Crippen molar-refractivity contribution in [3.05, 3.63) is 29.8 Å². The van der Waals surface area contributed by atoms with Crippen LogP contribution in [0.5, 0.6) is 5.75 Å². The third-order valence-corrected chi connectivity index (χ3v) is 1.24. The van der Waals surface area contributed by atoms with Crippen LogP contribution in [0.4, 0.5) is 0 Å². The Bertz CT molecular complexity index is 203. The van der Waals surface area contributed by atoms with Crippen molar-refractivity contribution in [1.82, 2.24) is 0 Å². The van der Waals surface area contributed by atoms with Crippen LogP contribution in [0.3, 0.4) is 0 Å². The van der Waals surface area contributed by atoms with Crippen LogP contribution in [0.1, 0.15) is 5.56 Å². The van der Waals surface area contributed by atoms with E-state index in [-0.39, 0.29) is 0 Å². The van der Waals surface area contributed by atoms with Crippen molar-refractivity contribution in [1.29, 1.82) is 0 Å². The molecule has 0 N–H and O–H groups in total. The van der Waals surface area contributed by atoms with Crippen LogP contribution < -0.4 is 4.74 Å². The second-order valence-corrected chi connectivity index (χ2v) is 1.90. The standard InChI is InChI=1S/C8H9O.ClH.Zn/c1-7-5-3-4-6-8(7)9-2;;/h4-6H,1-2H3;1H;/q-1;;+2/p-1. The van der Waals surface area contributed by atoms with Crippen molar-refractivity contribution < 1.29 is 22.0 Å². The zero-order chi connectivity index (χ0) is 8.69. The molecule has 0 heterocycles. The van der Waals surface area contributed by atoms with Crippen LogP contribution in [-0.4, -0.2) is 7.11 Å². The number of ether oxygens (including phenoxy) is 1. The third kappa shape index (κ3) is 3.74. The second kappa shape index (κ2) is 6.63. The molecule has 3 heteroatoms. The predicted octanol–water partition coefficient (Wildman–Crippen LogP) is 2.49. The van der Waals surface area contributed by atoms with E-state index in [0.717, 1.165) is 28.6 Å².